The van der Waals surface area contributed by atoms with Gasteiger partial charge in [0.1, 0.15) is 0 Å². The molecule has 2 aromatic rings. The van der Waals surface area contributed by atoms with Crippen molar-refractivity contribution in [1.82, 2.24) is 5.32 Å². The third-order valence-electron chi connectivity index (χ3n) is 3.80. The minimum Gasteiger partial charge on any atom is -0.493 e. The molecule has 0 radical (unpaired) electrons. The summed E-state index contributed by atoms with van der Waals surface area (Å²) in [4.78, 5) is 24.1. The monoisotopic (exact) mass is 390 g/mol. The summed E-state index contributed by atoms with van der Waals surface area (Å²) in [6.07, 6.45) is 0.891. The lowest BCUT2D eigenvalue weighted by molar-refractivity contribution is -0.136. The fraction of sp³-hybridized carbons (Fsp3) is 0.300. The highest BCUT2D eigenvalue weighted by molar-refractivity contribution is 6.40. The molecule has 0 saturated heterocycles. The van der Waals surface area contributed by atoms with Gasteiger partial charge in [0.2, 0.25) is 0 Å². The molecular formula is C20H23ClN2O4. The third kappa shape index (κ3) is 5.89. The molecule has 0 saturated carbocycles. The Kier molecular flexibility index (Phi) is 7.49. The van der Waals surface area contributed by atoms with Gasteiger partial charge < -0.3 is 20.1 Å². The fourth-order valence-corrected chi connectivity index (χ4v) is 2.50. The van der Waals surface area contributed by atoms with E-state index in [1.54, 1.807) is 37.4 Å². The molecule has 2 amide bonds. The summed E-state index contributed by atoms with van der Waals surface area (Å²) in [7, 11) is 1.55. The first kappa shape index (κ1) is 20.6. The van der Waals surface area contributed by atoms with E-state index in [2.05, 4.69) is 10.6 Å². The average Bonchev–Trinajstić information content (AvgIpc) is 2.67. The number of anilines is 1. The lowest BCUT2D eigenvalue weighted by Crippen LogP contribution is -2.35. The van der Waals surface area contributed by atoms with Crippen LogP contribution in [0.5, 0.6) is 11.5 Å². The Labute approximate surface area is 163 Å². The molecule has 0 aromatic heterocycles. The maximum atomic E-state index is 12.1. The van der Waals surface area contributed by atoms with Crippen LogP contribution in [0.1, 0.15) is 24.5 Å². The molecule has 0 atom stereocenters. The number of hydrogen-bond acceptors (Lipinski definition) is 4. The highest BCUT2D eigenvalue weighted by atomic mass is 35.5. The van der Waals surface area contributed by atoms with Crippen LogP contribution in [0.3, 0.4) is 0 Å². The van der Waals surface area contributed by atoms with E-state index >= 15 is 0 Å². The molecule has 0 unspecified atom stereocenters. The van der Waals surface area contributed by atoms with Gasteiger partial charge in [0.15, 0.2) is 11.5 Å². The summed E-state index contributed by atoms with van der Waals surface area (Å²) in [6, 6.07) is 10.4. The quantitative estimate of drug-likeness (QED) is 0.707. The summed E-state index contributed by atoms with van der Waals surface area (Å²) in [6.45, 7) is 4.62. The van der Waals surface area contributed by atoms with Crippen LogP contribution in [0.25, 0.3) is 0 Å². The topological polar surface area (TPSA) is 76.7 Å². The summed E-state index contributed by atoms with van der Waals surface area (Å²) in [5.41, 5.74) is 2.10. The maximum Gasteiger partial charge on any atom is 0.313 e. The molecule has 6 nitrogen and oxygen atoms in total. The van der Waals surface area contributed by atoms with Gasteiger partial charge in [-0.25, -0.2) is 0 Å². The zero-order valence-corrected chi connectivity index (χ0v) is 16.4. The van der Waals surface area contributed by atoms with Crippen LogP contribution in [0, 0.1) is 6.92 Å². The summed E-state index contributed by atoms with van der Waals surface area (Å²) in [5.74, 6) is -0.271. The molecule has 2 aromatic carbocycles. The molecule has 0 aliphatic carbocycles. The molecule has 0 fully saturated rings. The van der Waals surface area contributed by atoms with Crippen LogP contribution in [0.4, 0.5) is 5.69 Å². The van der Waals surface area contributed by atoms with Crippen molar-refractivity contribution < 1.29 is 19.1 Å². The number of rotatable bonds is 7. The predicted octanol–water partition coefficient (Wildman–Crippen LogP) is 3.70. The summed E-state index contributed by atoms with van der Waals surface area (Å²) in [5, 5.41) is 5.63. The zero-order valence-electron chi connectivity index (χ0n) is 15.6. The second kappa shape index (κ2) is 9.83. The molecule has 144 valence electrons. The molecule has 2 rings (SSSR count). The number of carbonyl (C=O) groups excluding carboxylic acids is 2. The highest BCUT2D eigenvalue weighted by Crippen LogP contribution is 2.28. The van der Waals surface area contributed by atoms with Gasteiger partial charge in [0, 0.05) is 17.3 Å². The maximum absolute atomic E-state index is 12.1. The molecular weight excluding hydrogens is 368 g/mol. The predicted molar refractivity (Wildman–Crippen MR) is 105 cm³/mol. The molecule has 0 bridgehead atoms. The van der Waals surface area contributed by atoms with E-state index in [-0.39, 0.29) is 6.54 Å². The Bertz CT molecular complexity index is 824. The van der Waals surface area contributed by atoms with Gasteiger partial charge in [-0.05, 0) is 48.7 Å². The Morgan fingerprint density at radius 2 is 1.85 bits per heavy atom. The molecule has 0 heterocycles. The van der Waals surface area contributed by atoms with Crippen molar-refractivity contribution in [3.05, 3.63) is 52.5 Å². The highest BCUT2D eigenvalue weighted by Gasteiger charge is 2.15. The SMILES string of the molecule is CCCOc1ccc(CNC(=O)C(=O)Nc2cc(Cl)ccc2C)cc1OC. The number of methoxy groups -OCH3 is 1. The first-order valence-electron chi connectivity index (χ1n) is 8.59. The smallest absolute Gasteiger partial charge is 0.313 e. The van der Waals surface area contributed by atoms with Gasteiger partial charge >= 0.3 is 11.8 Å². The Morgan fingerprint density at radius 3 is 2.56 bits per heavy atom. The van der Waals surface area contributed by atoms with E-state index < -0.39 is 11.8 Å². The Balaban J connectivity index is 1.96. The molecule has 7 heteroatoms. The van der Waals surface area contributed by atoms with Crippen molar-refractivity contribution >= 4 is 29.1 Å². The zero-order chi connectivity index (χ0) is 19.8. The number of hydrogen-bond donors (Lipinski definition) is 2. The largest absolute Gasteiger partial charge is 0.493 e. The molecule has 0 aliphatic heterocycles. The van der Waals surface area contributed by atoms with E-state index in [4.69, 9.17) is 21.1 Å². The van der Waals surface area contributed by atoms with Gasteiger partial charge in [0.25, 0.3) is 0 Å². The average molecular weight is 391 g/mol. The van der Waals surface area contributed by atoms with E-state index in [0.29, 0.717) is 28.8 Å². The van der Waals surface area contributed by atoms with Crippen molar-refractivity contribution in [3.63, 3.8) is 0 Å². The van der Waals surface area contributed by atoms with Crippen molar-refractivity contribution in [2.75, 3.05) is 19.0 Å². The minimum absolute atomic E-state index is 0.186. The van der Waals surface area contributed by atoms with Gasteiger partial charge in [0.05, 0.1) is 13.7 Å². The van der Waals surface area contributed by atoms with Gasteiger partial charge in [-0.3, -0.25) is 9.59 Å². The fourth-order valence-electron chi connectivity index (χ4n) is 2.32. The number of ether oxygens (including phenoxy) is 2. The number of halogens is 1. The molecule has 27 heavy (non-hydrogen) atoms. The Hall–Kier alpha value is -2.73. The molecule has 0 aliphatic rings. The minimum atomic E-state index is -0.754. The van der Waals surface area contributed by atoms with Crippen LogP contribution in [0.2, 0.25) is 5.02 Å². The Morgan fingerprint density at radius 1 is 1.07 bits per heavy atom. The van der Waals surface area contributed by atoms with E-state index in [9.17, 15) is 9.59 Å². The van der Waals surface area contributed by atoms with Gasteiger partial charge in [-0.2, -0.15) is 0 Å². The first-order valence-corrected chi connectivity index (χ1v) is 8.97. The van der Waals surface area contributed by atoms with Crippen LogP contribution in [-0.2, 0) is 16.1 Å². The van der Waals surface area contributed by atoms with Gasteiger partial charge in [-0.15, -0.1) is 0 Å². The number of benzene rings is 2. The van der Waals surface area contributed by atoms with Crippen molar-refractivity contribution in [2.45, 2.75) is 26.8 Å². The molecule has 2 N–H and O–H groups in total. The lowest BCUT2D eigenvalue weighted by atomic mass is 10.2. The first-order chi connectivity index (χ1) is 12.9. The third-order valence-corrected chi connectivity index (χ3v) is 4.03. The van der Waals surface area contributed by atoms with Crippen molar-refractivity contribution in [1.29, 1.82) is 0 Å². The lowest BCUT2D eigenvalue weighted by Gasteiger charge is -2.12. The van der Waals surface area contributed by atoms with Crippen LogP contribution in [0.15, 0.2) is 36.4 Å². The second-order valence-corrected chi connectivity index (χ2v) is 6.37. The van der Waals surface area contributed by atoms with Crippen molar-refractivity contribution in [2.24, 2.45) is 0 Å². The standard InChI is InChI=1S/C20H23ClN2O4/c1-4-9-27-17-8-6-14(10-18(17)26-3)12-22-19(24)20(25)23-16-11-15(21)7-5-13(16)2/h5-8,10-11H,4,9,12H2,1-3H3,(H,22,24)(H,23,25). The number of nitrogens with one attached hydrogen (secondary N) is 2. The van der Waals surface area contributed by atoms with Crippen LogP contribution >= 0.6 is 11.6 Å². The van der Waals surface area contributed by atoms with Crippen LogP contribution in [-0.4, -0.2) is 25.5 Å². The van der Waals surface area contributed by atoms with E-state index in [1.165, 1.54) is 0 Å². The number of carbonyl (C=O) groups is 2. The van der Waals surface area contributed by atoms with Crippen molar-refractivity contribution in [3.8, 4) is 11.5 Å². The second-order valence-electron chi connectivity index (χ2n) is 5.93. The number of aryl methyl sites for hydroxylation is 1. The summed E-state index contributed by atoms with van der Waals surface area (Å²) >= 11 is 5.92. The number of amides is 2. The normalized spacial score (nSPS) is 10.2. The van der Waals surface area contributed by atoms with Gasteiger partial charge in [-0.1, -0.05) is 30.7 Å². The van der Waals surface area contributed by atoms with Crippen LogP contribution < -0.4 is 20.1 Å². The van der Waals surface area contributed by atoms with E-state index in [1.807, 2.05) is 19.9 Å². The van der Waals surface area contributed by atoms with E-state index in [0.717, 1.165) is 17.5 Å². The summed E-state index contributed by atoms with van der Waals surface area (Å²) < 4.78 is 10.9. The molecule has 0 spiro atoms.